The van der Waals surface area contributed by atoms with Gasteiger partial charge in [-0.2, -0.15) is 0 Å². The number of nitrogens with zero attached hydrogens (tertiary/aromatic N) is 1. The second-order valence-corrected chi connectivity index (χ2v) is 3.23. The number of carbonyl (C=O) groups excluding carboxylic acids is 1. The highest BCUT2D eigenvalue weighted by molar-refractivity contribution is 5.95. The Kier molecular flexibility index (Phi) is 2.72. The van der Waals surface area contributed by atoms with Crippen molar-refractivity contribution in [1.82, 2.24) is 4.98 Å². The van der Waals surface area contributed by atoms with Gasteiger partial charge in [-0.3, -0.25) is 0 Å². The van der Waals surface area contributed by atoms with E-state index in [4.69, 9.17) is 4.74 Å². The first-order valence-corrected chi connectivity index (χ1v) is 4.78. The Morgan fingerprint density at radius 2 is 2.00 bits per heavy atom. The molecule has 0 aliphatic rings. The molecule has 0 unspecified atom stereocenters. The summed E-state index contributed by atoms with van der Waals surface area (Å²) in [5.74, 6) is -0.0393. The summed E-state index contributed by atoms with van der Waals surface area (Å²) in [7, 11) is 2.85. The van der Waals surface area contributed by atoms with E-state index in [9.17, 15) is 4.79 Å². The van der Waals surface area contributed by atoms with Crippen LogP contribution in [0.1, 0.15) is 10.5 Å². The number of rotatable bonds is 2. The number of methoxy groups -OCH3 is 2. The lowest BCUT2D eigenvalue weighted by molar-refractivity contribution is 0.0593. The van der Waals surface area contributed by atoms with Gasteiger partial charge in [0.1, 0.15) is 0 Å². The maximum Gasteiger partial charge on any atom is 0.356 e. The van der Waals surface area contributed by atoms with Crippen molar-refractivity contribution in [2.24, 2.45) is 0 Å². The highest BCUT2D eigenvalue weighted by Crippen LogP contribution is 2.24. The van der Waals surface area contributed by atoms with Crippen LogP contribution in [0.4, 0.5) is 0 Å². The number of benzene rings is 1. The topological polar surface area (TPSA) is 48.4 Å². The maximum atomic E-state index is 11.4. The minimum Gasteiger partial charge on any atom is -0.481 e. The van der Waals surface area contributed by atoms with E-state index in [1.165, 1.54) is 14.2 Å². The minimum atomic E-state index is -0.468. The molecule has 1 aromatic heterocycles. The molecule has 0 aliphatic carbocycles. The number of esters is 1. The lowest BCUT2D eigenvalue weighted by Gasteiger charge is -2.06. The number of pyridine rings is 1. The van der Waals surface area contributed by atoms with E-state index >= 15 is 0 Å². The number of aromatic nitrogens is 1. The van der Waals surface area contributed by atoms with Gasteiger partial charge in [-0.1, -0.05) is 18.2 Å². The molecule has 16 heavy (non-hydrogen) atoms. The second-order valence-electron chi connectivity index (χ2n) is 3.23. The zero-order valence-corrected chi connectivity index (χ0v) is 9.06. The summed E-state index contributed by atoms with van der Waals surface area (Å²) >= 11 is 0. The van der Waals surface area contributed by atoms with E-state index in [1.54, 1.807) is 6.07 Å². The Hall–Kier alpha value is -2.10. The highest BCUT2D eigenvalue weighted by Gasteiger charge is 2.12. The van der Waals surface area contributed by atoms with Crippen LogP contribution < -0.4 is 4.74 Å². The molecule has 0 fully saturated rings. The molecule has 0 aliphatic heterocycles. The monoisotopic (exact) mass is 217 g/mol. The van der Waals surface area contributed by atoms with E-state index in [0.717, 1.165) is 10.8 Å². The molecule has 1 aromatic carbocycles. The average Bonchev–Trinajstić information content (AvgIpc) is 2.36. The van der Waals surface area contributed by atoms with Gasteiger partial charge in [-0.05, 0) is 17.5 Å². The lowest BCUT2D eigenvalue weighted by atomic mass is 10.1. The van der Waals surface area contributed by atoms with Crippen molar-refractivity contribution in [1.29, 1.82) is 0 Å². The van der Waals surface area contributed by atoms with E-state index in [0.29, 0.717) is 5.88 Å². The van der Waals surface area contributed by atoms with Crippen LogP contribution >= 0.6 is 0 Å². The second kappa shape index (κ2) is 4.18. The first-order valence-electron chi connectivity index (χ1n) is 4.78. The van der Waals surface area contributed by atoms with Crippen LogP contribution in [-0.4, -0.2) is 25.2 Å². The van der Waals surface area contributed by atoms with Gasteiger partial charge in [0.05, 0.1) is 14.2 Å². The van der Waals surface area contributed by atoms with Gasteiger partial charge in [-0.15, -0.1) is 0 Å². The number of fused-ring (bicyclic) bond motifs is 1. The van der Waals surface area contributed by atoms with Gasteiger partial charge in [0.25, 0.3) is 0 Å². The zero-order valence-electron chi connectivity index (χ0n) is 9.06. The molecule has 82 valence electrons. The van der Waals surface area contributed by atoms with Crippen LogP contribution in [0.2, 0.25) is 0 Å². The van der Waals surface area contributed by atoms with Gasteiger partial charge >= 0.3 is 5.97 Å². The summed E-state index contributed by atoms with van der Waals surface area (Å²) < 4.78 is 9.77. The molecule has 1 heterocycles. The Balaban J connectivity index is 2.68. The van der Waals surface area contributed by atoms with Gasteiger partial charge < -0.3 is 9.47 Å². The fourth-order valence-corrected chi connectivity index (χ4v) is 1.53. The molecule has 0 amide bonds. The third kappa shape index (κ3) is 1.69. The third-order valence-corrected chi connectivity index (χ3v) is 2.29. The predicted molar refractivity (Wildman–Crippen MR) is 59.6 cm³/mol. The Bertz CT molecular complexity index is 537. The number of hydrogen-bond acceptors (Lipinski definition) is 4. The molecule has 4 nitrogen and oxygen atoms in total. The standard InChI is InChI=1S/C12H11NO3/c1-15-11-9-6-4-3-5-8(9)7-10(13-11)12(14)16-2/h3-7H,1-2H3. The molecule has 0 saturated heterocycles. The highest BCUT2D eigenvalue weighted by atomic mass is 16.5. The summed E-state index contributed by atoms with van der Waals surface area (Å²) in [6.45, 7) is 0. The molecule has 0 bridgehead atoms. The van der Waals surface area contributed by atoms with Crippen molar-refractivity contribution in [3.8, 4) is 5.88 Å². The lowest BCUT2D eigenvalue weighted by Crippen LogP contribution is -2.05. The molecular formula is C12H11NO3. The van der Waals surface area contributed by atoms with Crippen LogP contribution in [0.25, 0.3) is 10.8 Å². The van der Waals surface area contributed by atoms with Gasteiger partial charge in [-0.25, -0.2) is 9.78 Å². The number of ether oxygens (including phenoxy) is 2. The normalized spacial score (nSPS) is 10.1. The van der Waals surface area contributed by atoms with Gasteiger partial charge in [0.15, 0.2) is 5.69 Å². The fraction of sp³-hybridized carbons (Fsp3) is 0.167. The largest absolute Gasteiger partial charge is 0.481 e. The Labute approximate surface area is 92.8 Å². The quantitative estimate of drug-likeness (QED) is 0.722. The summed E-state index contributed by atoms with van der Waals surface area (Å²) in [5.41, 5.74) is 0.248. The predicted octanol–water partition coefficient (Wildman–Crippen LogP) is 2.03. The SMILES string of the molecule is COC(=O)c1cc2ccccc2c(OC)n1. The maximum absolute atomic E-state index is 11.4. The Morgan fingerprint density at radius 1 is 1.25 bits per heavy atom. The molecular weight excluding hydrogens is 206 g/mol. The molecule has 0 atom stereocenters. The molecule has 0 saturated carbocycles. The summed E-state index contributed by atoms with van der Waals surface area (Å²) in [6.07, 6.45) is 0. The third-order valence-electron chi connectivity index (χ3n) is 2.29. The van der Waals surface area contributed by atoms with Crippen LogP contribution in [0, 0.1) is 0 Å². The average molecular weight is 217 g/mol. The zero-order chi connectivity index (χ0) is 11.5. The fourth-order valence-electron chi connectivity index (χ4n) is 1.53. The van der Waals surface area contributed by atoms with Crippen LogP contribution in [0.15, 0.2) is 30.3 Å². The van der Waals surface area contributed by atoms with Crippen LogP contribution in [0.3, 0.4) is 0 Å². The molecule has 4 heteroatoms. The Morgan fingerprint density at radius 3 is 2.69 bits per heavy atom. The van der Waals surface area contributed by atoms with E-state index in [2.05, 4.69) is 9.72 Å². The molecule has 2 aromatic rings. The first-order chi connectivity index (χ1) is 7.76. The van der Waals surface area contributed by atoms with E-state index in [1.807, 2.05) is 24.3 Å². The van der Waals surface area contributed by atoms with Crippen LogP contribution in [0.5, 0.6) is 5.88 Å². The van der Waals surface area contributed by atoms with Crippen molar-refractivity contribution in [2.75, 3.05) is 14.2 Å². The van der Waals surface area contributed by atoms with Crippen molar-refractivity contribution in [2.45, 2.75) is 0 Å². The molecule has 0 spiro atoms. The van der Waals surface area contributed by atoms with Crippen molar-refractivity contribution in [3.05, 3.63) is 36.0 Å². The van der Waals surface area contributed by atoms with Crippen molar-refractivity contribution >= 4 is 16.7 Å². The van der Waals surface area contributed by atoms with Crippen LogP contribution in [-0.2, 0) is 4.74 Å². The van der Waals surface area contributed by atoms with E-state index in [-0.39, 0.29) is 5.69 Å². The molecule has 2 rings (SSSR count). The summed E-state index contributed by atoms with van der Waals surface area (Å²) in [6, 6.07) is 9.26. The summed E-state index contributed by atoms with van der Waals surface area (Å²) in [4.78, 5) is 15.5. The van der Waals surface area contributed by atoms with Crippen molar-refractivity contribution in [3.63, 3.8) is 0 Å². The summed E-state index contributed by atoms with van der Waals surface area (Å²) in [5, 5.41) is 1.77. The van der Waals surface area contributed by atoms with E-state index < -0.39 is 5.97 Å². The van der Waals surface area contributed by atoms with Gasteiger partial charge in [0.2, 0.25) is 5.88 Å². The molecule has 0 N–H and O–H groups in total. The smallest absolute Gasteiger partial charge is 0.356 e. The van der Waals surface area contributed by atoms with Gasteiger partial charge in [0, 0.05) is 5.39 Å². The number of carbonyl (C=O) groups is 1. The first kappa shape index (κ1) is 10.4. The minimum absolute atomic E-state index is 0.248. The van der Waals surface area contributed by atoms with Crippen molar-refractivity contribution < 1.29 is 14.3 Å². The molecule has 0 radical (unpaired) electrons. The number of hydrogen-bond donors (Lipinski definition) is 0.